The van der Waals surface area contributed by atoms with Gasteiger partial charge in [0, 0.05) is 0 Å². The average molecular weight is 214 g/mol. The third-order valence-corrected chi connectivity index (χ3v) is 2.28. The minimum absolute atomic E-state index is 0.0647. The summed E-state index contributed by atoms with van der Waals surface area (Å²) in [6.45, 7) is 0. The van der Waals surface area contributed by atoms with Gasteiger partial charge in [0.2, 0.25) is 0 Å². The Morgan fingerprint density at radius 1 is 1.38 bits per heavy atom. The van der Waals surface area contributed by atoms with Crippen LogP contribution in [0.5, 0.6) is 0 Å². The molecule has 2 aromatic heterocycles. The highest BCUT2D eigenvalue weighted by atomic mass is 32.2. The molecule has 0 radical (unpaired) electrons. The molecule has 0 bridgehead atoms. The highest BCUT2D eigenvalue weighted by Crippen LogP contribution is 2.16. The summed E-state index contributed by atoms with van der Waals surface area (Å²) in [5.74, 6) is -0.0647. The number of hydrogen-bond acceptors (Lipinski definition) is 7. The van der Waals surface area contributed by atoms with Crippen LogP contribution >= 0.6 is 11.3 Å². The Morgan fingerprint density at radius 2 is 2.23 bits per heavy atom. The van der Waals surface area contributed by atoms with Crippen LogP contribution in [0.3, 0.4) is 0 Å². The molecule has 0 aliphatic heterocycles. The van der Waals surface area contributed by atoms with E-state index in [9.17, 15) is 8.42 Å². The largest absolute Gasteiger partial charge is 0.319 e. The number of nitrogens with zero attached hydrogens (tertiary/aromatic N) is 4. The van der Waals surface area contributed by atoms with Crippen molar-refractivity contribution in [2.45, 2.75) is 0 Å². The molecule has 0 aliphatic rings. The van der Waals surface area contributed by atoms with Crippen LogP contribution in [0.1, 0.15) is 0 Å². The molecule has 6 nitrogen and oxygen atoms in total. The third-order valence-electron chi connectivity index (χ3n) is 1.24. The quantitative estimate of drug-likeness (QED) is 0.700. The Labute approximate surface area is 78.0 Å². The second kappa shape index (κ2) is 3.15. The molecule has 2 heterocycles. The summed E-state index contributed by atoms with van der Waals surface area (Å²) in [5, 5.41) is 0. The van der Waals surface area contributed by atoms with Crippen molar-refractivity contribution in [3.8, 4) is 0 Å². The van der Waals surface area contributed by atoms with Crippen LogP contribution < -0.4 is 0 Å². The molecular weight excluding hydrogens is 212 g/mol. The van der Waals surface area contributed by atoms with E-state index in [1.807, 2.05) is 0 Å². The summed E-state index contributed by atoms with van der Waals surface area (Å²) in [6, 6.07) is 0. The molecule has 0 N–H and O–H groups in total. The minimum Gasteiger partial charge on any atom is -0.241 e. The standard InChI is InChI=1S/C5H2N4O2S2/c10-13(11)9-5-6-1-3-4(8-5)12-2-7-3/h1-2H. The first-order valence-corrected chi connectivity index (χ1v) is 5.04. The number of thiazole rings is 1. The summed E-state index contributed by atoms with van der Waals surface area (Å²) < 4.78 is 23.5. The number of aromatic nitrogens is 3. The minimum atomic E-state index is -2.51. The van der Waals surface area contributed by atoms with Gasteiger partial charge in [0.15, 0.2) is 0 Å². The van der Waals surface area contributed by atoms with Crippen molar-refractivity contribution >= 4 is 38.1 Å². The van der Waals surface area contributed by atoms with E-state index < -0.39 is 10.5 Å². The van der Waals surface area contributed by atoms with E-state index in [0.29, 0.717) is 10.3 Å². The van der Waals surface area contributed by atoms with E-state index in [2.05, 4.69) is 19.3 Å². The van der Waals surface area contributed by atoms with Crippen LogP contribution in [0.25, 0.3) is 10.3 Å². The Kier molecular flexibility index (Phi) is 1.99. The van der Waals surface area contributed by atoms with E-state index in [1.54, 1.807) is 5.51 Å². The lowest BCUT2D eigenvalue weighted by Gasteiger charge is -1.86. The molecule has 2 aromatic rings. The maximum Gasteiger partial charge on any atom is 0.319 e. The van der Waals surface area contributed by atoms with Gasteiger partial charge < -0.3 is 0 Å². The first kappa shape index (κ1) is 8.20. The molecule has 66 valence electrons. The monoisotopic (exact) mass is 214 g/mol. The molecular formula is C5H2N4O2S2. The molecule has 0 saturated carbocycles. The van der Waals surface area contributed by atoms with E-state index in [1.165, 1.54) is 17.5 Å². The van der Waals surface area contributed by atoms with Crippen LogP contribution in [0.15, 0.2) is 16.1 Å². The van der Waals surface area contributed by atoms with Gasteiger partial charge in [0.25, 0.3) is 5.95 Å². The molecule has 0 amide bonds. The zero-order valence-corrected chi connectivity index (χ0v) is 7.71. The zero-order chi connectivity index (χ0) is 9.26. The smallest absolute Gasteiger partial charge is 0.241 e. The van der Waals surface area contributed by atoms with Crippen molar-refractivity contribution in [2.24, 2.45) is 4.36 Å². The molecule has 0 fully saturated rings. The van der Waals surface area contributed by atoms with Crippen molar-refractivity contribution in [2.75, 3.05) is 0 Å². The predicted molar refractivity (Wildman–Crippen MR) is 46.2 cm³/mol. The Balaban J connectivity index is 2.67. The van der Waals surface area contributed by atoms with Crippen LogP contribution in [0, 0.1) is 0 Å². The van der Waals surface area contributed by atoms with Gasteiger partial charge >= 0.3 is 10.5 Å². The molecule has 0 saturated heterocycles. The second-order valence-corrected chi connectivity index (χ2v) is 3.47. The van der Waals surface area contributed by atoms with Crippen LogP contribution in [0.2, 0.25) is 0 Å². The van der Waals surface area contributed by atoms with Gasteiger partial charge in [0.1, 0.15) is 10.3 Å². The SMILES string of the molecule is O=S(=O)=Nc1ncc2ncsc2n1. The highest BCUT2D eigenvalue weighted by molar-refractivity contribution is 7.61. The van der Waals surface area contributed by atoms with E-state index in [0.717, 1.165) is 0 Å². The summed E-state index contributed by atoms with van der Waals surface area (Å²) in [4.78, 5) is 12.1. The van der Waals surface area contributed by atoms with Gasteiger partial charge in [-0.25, -0.2) is 9.97 Å². The first-order valence-electron chi connectivity index (χ1n) is 3.13. The van der Waals surface area contributed by atoms with Crippen molar-refractivity contribution < 1.29 is 8.42 Å². The fourth-order valence-corrected chi connectivity index (χ4v) is 1.62. The summed E-state index contributed by atoms with van der Waals surface area (Å²) in [5.41, 5.74) is 2.25. The summed E-state index contributed by atoms with van der Waals surface area (Å²) >= 11 is 1.31. The van der Waals surface area contributed by atoms with Gasteiger partial charge in [0.05, 0.1) is 11.7 Å². The topological polar surface area (TPSA) is 85.2 Å². The van der Waals surface area contributed by atoms with Gasteiger partial charge in [-0.05, 0) is 0 Å². The molecule has 8 heteroatoms. The van der Waals surface area contributed by atoms with Crippen LogP contribution in [-0.4, -0.2) is 23.4 Å². The number of fused-ring (bicyclic) bond motifs is 1. The normalized spacial score (nSPS) is 10.2. The maximum absolute atomic E-state index is 10.2. The molecule has 0 unspecified atom stereocenters. The van der Waals surface area contributed by atoms with E-state index in [-0.39, 0.29) is 5.95 Å². The van der Waals surface area contributed by atoms with Gasteiger partial charge in [-0.2, -0.15) is 13.4 Å². The van der Waals surface area contributed by atoms with Crippen LogP contribution in [0.4, 0.5) is 5.95 Å². The zero-order valence-electron chi connectivity index (χ0n) is 6.08. The van der Waals surface area contributed by atoms with Crippen molar-refractivity contribution in [3.05, 3.63) is 11.7 Å². The maximum atomic E-state index is 10.2. The Morgan fingerprint density at radius 3 is 3.00 bits per heavy atom. The Bertz CT molecular complexity index is 565. The first-order chi connectivity index (χ1) is 6.25. The fourth-order valence-electron chi connectivity index (χ4n) is 0.770. The number of rotatable bonds is 1. The lowest BCUT2D eigenvalue weighted by molar-refractivity contribution is 0.622. The van der Waals surface area contributed by atoms with Gasteiger partial charge in [-0.15, -0.1) is 11.3 Å². The van der Waals surface area contributed by atoms with Crippen molar-refractivity contribution in [1.82, 2.24) is 15.0 Å². The van der Waals surface area contributed by atoms with Crippen LogP contribution in [-0.2, 0) is 10.5 Å². The molecule has 0 aromatic carbocycles. The summed E-state index contributed by atoms with van der Waals surface area (Å²) in [6.07, 6.45) is 1.44. The molecule has 0 spiro atoms. The average Bonchev–Trinajstić information content (AvgIpc) is 2.49. The molecule has 2 rings (SSSR count). The molecule has 0 atom stereocenters. The molecule has 0 aliphatic carbocycles. The summed E-state index contributed by atoms with van der Waals surface area (Å²) in [7, 11) is -2.51. The second-order valence-electron chi connectivity index (χ2n) is 2.02. The van der Waals surface area contributed by atoms with Gasteiger partial charge in [-0.3, -0.25) is 0 Å². The highest BCUT2D eigenvalue weighted by Gasteiger charge is 2.00. The van der Waals surface area contributed by atoms with Crippen molar-refractivity contribution in [1.29, 1.82) is 0 Å². The predicted octanol–water partition coefficient (Wildman–Crippen LogP) is 0.780. The number of hydrogen-bond donors (Lipinski definition) is 0. The fraction of sp³-hybridized carbons (Fsp3) is 0. The van der Waals surface area contributed by atoms with Crippen molar-refractivity contribution in [3.63, 3.8) is 0 Å². The van der Waals surface area contributed by atoms with E-state index >= 15 is 0 Å². The lowest BCUT2D eigenvalue weighted by atomic mass is 10.6. The molecule has 13 heavy (non-hydrogen) atoms. The third kappa shape index (κ3) is 1.68. The lowest BCUT2D eigenvalue weighted by Crippen LogP contribution is -1.79. The Hall–Kier alpha value is -1.41. The van der Waals surface area contributed by atoms with E-state index in [4.69, 9.17) is 0 Å². The van der Waals surface area contributed by atoms with Gasteiger partial charge in [-0.1, -0.05) is 4.36 Å².